The summed E-state index contributed by atoms with van der Waals surface area (Å²) in [4.78, 5) is 14.7. The van der Waals surface area contributed by atoms with E-state index in [2.05, 4.69) is 5.32 Å². The highest BCUT2D eigenvalue weighted by Gasteiger charge is 2.29. The van der Waals surface area contributed by atoms with Crippen LogP contribution in [0.4, 0.5) is 5.69 Å². The number of benzene rings is 2. The smallest absolute Gasteiger partial charge is 0.241 e. The number of piperazine rings is 1. The van der Waals surface area contributed by atoms with Crippen LogP contribution in [0, 0.1) is 13.8 Å². The van der Waals surface area contributed by atoms with Gasteiger partial charge in [0.25, 0.3) is 0 Å². The van der Waals surface area contributed by atoms with E-state index in [1.165, 1.54) is 9.71 Å². The standard InChI is InChI=1S/C23H29N3O3S/c1-18-9-10-22(19(2)17-18)24-23(27)20(3)25-12-14-26(15-13-25)30(28,29)16-11-21-7-5-4-6-8-21/h4-11,16-17,20H,12-15H2,1-3H3,(H,24,27)/b16-11+/t20-/m1/s1. The number of aryl methyl sites for hydroxylation is 2. The first-order valence-corrected chi connectivity index (χ1v) is 11.6. The molecule has 30 heavy (non-hydrogen) atoms. The maximum Gasteiger partial charge on any atom is 0.241 e. The molecule has 1 aliphatic heterocycles. The molecule has 1 atom stereocenters. The maximum atomic E-state index is 12.7. The molecule has 0 spiro atoms. The normalized spacial score (nSPS) is 17.2. The molecule has 1 amide bonds. The van der Waals surface area contributed by atoms with Gasteiger partial charge in [-0.05, 0) is 44.0 Å². The molecule has 2 aromatic rings. The van der Waals surface area contributed by atoms with Gasteiger partial charge in [-0.2, -0.15) is 4.31 Å². The van der Waals surface area contributed by atoms with Crippen molar-refractivity contribution < 1.29 is 13.2 Å². The molecule has 1 heterocycles. The minimum atomic E-state index is -3.48. The Morgan fingerprint density at radius 3 is 2.33 bits per heavy atom. The van der Waals surface area contributed by atoms with Crippen molar-refractivity contribution in [3.05, 3.63) is 70.6 Å². The molecule has 7 heteroatoms. The second-order valence-electron chi connectivity index (χ2n) is 7.68. The topological polar surface area (TPSA) is 69.7 Å². The van der Waals surface area contributed by atoms with E-state index in [1.54, 1.807) is 6.08 Å². The molecule has 0 radical (unpaired) electrons. The number of amides is 1. The van der Waals surface area contributed by atoms with Crippen LogP contribution in [0.2, 0.25) is 0 Å². The van der Waals surface area contributed by atoms with Crippen LogP contribution in [-0.4, -0.2) is 55.8 Å². The number of hydrogen-bond acceptors (Lipinski definition) is 4. The fourth-order valence-corrected chi connectivity index (χ4v) is 4.69. The van der Waals surface area contributed by atoms with Gasteiger partial charge in [0, 0.05) is 37.3 Å². The van der Waals surface area contributed by atoms with E-state index < -0.39 is 10.0 Å². The molecule has 0 aromatic heterocycles. The van der Waals surface area contributed by atoms with Crippen LogP contribution in [0.1, 0.15) is 23.6 Å². The van der Waals surface area contributed by atoms with Gasteiger partial charge in [0.1, 0.15) is 0 Å². The van der Waals surface area contributed by atoms with E-state index in [1.807, 2.05) is 74.2 Å². The fourth-order valence-electron chi connectivity index (χ4n) is 3.52. The predicted molar refractivity (Wildman–Crippen MR) is 122 cm³/mol. The minimum Gasteiger partial charge on any atom is -0.324 e. The summed E-state index contributed by atoms with van der Waals surface area (Å²) in [7, 11) is -3.48. The number of hydrogen-bond donors (Lipinski definition) is 1. The van der Waals surface area contributed by atoms with Gasteiger partial charge in [0.2, 0.25) is 15.9 Å². The Balaban J connectivity index is 1.56. The summed E-state index contributed by atoms with van der Waals surface area (Å²) in [6.45, 7) is 7.60. The van der Waals surface area contributed by atoms with Crippen molar-refractivity contribution in [1.82, 2.24) is 9.21 Å². The minimum absolute atomic E-state index is 0.0813. The molecule has 160 valence electrons. The van der Waals surface area contributed by atoms with Gasteiger partial charge in [-0.15, -0.1) is 0 Å². The highest BCUT2D eigenvalue weighted by Crippen LogP contribution is 2.18. The Morgan fingerprint density at radius 1 is 1.03 bits per heavy atom. The first-order valence-electron chi connectivity index (χ1n) is 10.1. The van der Waals surface area contributed by atoms with Gasteiger partial charge in [0.15, 0.2) is 0 Å². The lowest BCUT2D eigenvalue weighted by Gasteiger charge is -2.36. The zero-order valence-corrected chi connectivity index (χ0v) is 18.5. The summed E-state index contributed by atoms with van der Waals surface area (Å²) in [6, 6.07) is 14.9. The highest BCUT2D eigenvalue weighted by molar-refractivity contribution is 7.92. The van der Waals surface area contributed by atoms with Crippen LogP contribution >= 0.6 is 0 Å². The lowest BCUT2D eigenvalue weighted by Crippen LogP contribution is -2.53. The summed E-state index contributed by atoms with van der Waals surface area (Å²) >= 11 is 0. The van der Waals surface area contributed by atoms with Crippen molar-refractivity contribution in [3.8, 4) is 0 Å². The van der Waals surface area contributed by atoms with E-state index >= 15 is 0 Å². The van der Waals surface area contributed by atoms with E-state index in [0.29, 0.717) is 26.2 Å². The quantitative estimate of drug-likeness (QED) is 0.768. The summed E-state index contributed by atoms with van der Waals surface area (Å²) in [5.41, 5.74) is 3.83. The number of carbonyl (C=O) groups excluding carboxylic acids is 1. The fraction of sp³-hybridized carbons (Fsp3) is 0.348. The monoisotopic (exact) mass is 427 g/mol. The zero-order valence-electron chi connectivity index (χ0n) is 17.7. The third kappa shape index (κ3) is 5.56. The van der Waals surface area contributed by atoms with Gasteiger partial charge < -0.3 is 5.32 Å². The van der Waals surface area contributed by atoms with Crippen molar-refractivity contribution in [2.45, 2.75) is 26.8 Å². The molecule has 1 N–H and O–H groups in total. The van der Waals surface area contributed by atoms with Crippen molar-refractivity contribution in [2.24, 2.45) is 0 Å². The molecule has 2 aromatic carbocycles. The van der Waals surface area contributed by atoms with E-state index in [9.17, 15) is 13.2 Å². The number of rotatable bonds is 6. The Labute approximate surface area is 179 Å². The lowest BCUT2D eigenvalue weighted by atomic mass is 10.1. The second kappa shape index (κ2) is 9.55. The molecular weight excluding hydrogens is 398 g/mol. The first kappa shape index (κ1) is 22.2. The van der Waals surface area contributed by atoms with Crippen molar-refractivity contribution in [3.63, 3.8) is 0 Å². The predicted octanol–water partition coefficient (Wildman–Crippen LogP) is 3.25. The summed E-state index contributed by atoms with van der Waals surface area (Å²) < 4.78 is 26.7. The molecule has 1 fully saturated rings. The molecule has 1 saturated heterocycles. The summed E-state index contributed by atoms with van der Waals surface area (Å²) in [6.07, 6.45) is 1.61. The Bertz CT molecular complexity index is 1010. The van der Waals surface area contributed by atoms with Crippen molar-refractivity contribution in [1.29, 1.82) is 0 Å². The lowest BCUT2D eigenvalue weighted by molar-refractivity contribution is -0.121. The van der Waals surface area contributed by atoms with Crippen molar-refractivity contribution in [2.75, 3.05) is 31.5 Å². The van der Waals surface area contributed by atoms with Gasteiger partial charge >= 0.3 is 0 Å². The molecular formula is C23H29N3O3S. The van der Waals surface area contributed by atoms with Crippen molar-refractivity contribution >= 4 is 27.7 Å². The number of sulfonamides is 1. The number of carbonyl (C=O) groups is 1. The first-order chi connectivity index (χ1) is 14.3. The van der Waals surface area contributed by atoms with E-state index in [-0.39, 0.29) is 11.9 Å². The number of anilines is 1. The molecule has 1 aliphatic rings. The van der Waals surface area contributed by atoms with Crippen LogP contribution in [0.3, 0.4) is 0 Å². The molecule has 0 unspecified atom stereocenters. The van der Waals surface area contributed by atoms with Crippen LogP contribution < -0.4 is 5.32 Å². The number of nitrogens with one attached hydrogen (secondary N) is 1. The third-order valence-corrected chi connectivity index (χ3v) is 7.00. The third-order valence-electron chi connectivity index (χ3n) is 5.43. The largest absolute Gasteiger partial charge is 0.324 e. The van der Waals surface area contributed by atoms with Crippen LogP contribution in [-0.2, 0) is 14.8 Å². The second-order valence-corrected chi connectivity index (χ2v) is 9.50. The Kier molecular flexibility index (Phi) is 7.07. The van der Waals surface area contributed by atoms with Gasteiger partial charge in [-0.1, -0.05) is 48.0 Å². The van der Waals surface area contributed by atoms with Crippen LogP contribution in [0.15, 0.2) is 53.9 Å². The maximum absolute atomic E-state index is 12.7. The molecule has 6 nitrogen and oxygen atoms in total. The van der Waals surface area contributed by atoms with Crippen LogP contribution in [0.25, 0.3) is 6.08 Å². The summed E-state index contributed by atoms with van der Waals surface area (Å²) in [5.74, 6) is -0.0813. The van der Waals surface area contributed by atoms with Gasteiger partial charge in [-0.3, -0.25) is 9.69 Å². The van der Waals surface area contributed by atoms with E-state index in [0.717, 1.165) is 22.4 Å². The SMILES string of the molecule is Cc1ccc(NC(=O)[C@@H](C)N2CCN(S(=O)(=O)/C=C/c3ccccc3)CC2)c(C)c1. The van der Waals surface area contributed by atoms with Gasteiger partial charge in [0.05, 0.1) is 6.04 Å². The Morgan fingerprint density at radius 2 is 1.70 bits per heavy atom. The van der Waals surface area contributed by atoms with Gasteiger partial charge in [-0.25, -0.2) is 8.42 Å². The number of nitrogens with zero attached hydrogens (tertiary/aromatic N) is 2. The summed E-state index contributed by atoms with van der Waals surface area (Å²) in [5, 5.41) is 4.25. The average Bonchev–Trinajstić information content (AvgIpc) is 2.74. The molecule has 0 bridgehead atoms. The van der Waals surface area contributed by atoms with E-state index in [4.69, 9.17) is 0 Å². The molecule has 0 saturated carbocycles. The molecule has 0 aliphatic carbocycles. The van der Waals surface area contributed by atoms with Crippen LogP contribution in [0.5, 0.6) is 0 Å². The zero-order chi connectivity index (χ0) is 21.7. The Hall–Kier alpha value is -2.48. The molecule has 3 rings (SSSR count). The highest BCUT2D eigenvalue weighted by atomic mass is 32.2. The average molecular weight is 428 g/mol.